The van der Waals surface area contributed by atoms with Gasteiger partial charge in [0.1, 0.15) is 12.4 Å². The summed E-state index contributed by atoms with van der Waals surface area (Å²) in [6, 6.07) is 14.0. The lowest BCUT2D eigenvalue weighted by molar-refractivity contribution is -0.122. The number of thioether (sulfide) groups is 1. The van der Waals surface area contributed by atoms with Gasteiger partial charge in [0.05, 0.1) is 22.4 Å². The molecule has 1 atom stereocenters. The van der Waals surface area contributed by atoms with Crippen LogP contribution in [-0.2, 0) is 15.0 Å². The standard InChI is InChI=1S/C29H34N4O4S/c1-6-13-30-23(34)15-32-24(35)16-38-26(19-9-12-21-22(14-19)37-17-36-21)25-27(29(3,4)5)31-33(28(25)32)20-10-7-18(2)8-11-20/h7-12,14,26H,6,13,15-17H2,1-5H3,(H,30,34). The molecule has 8 nitrogen and oxygen atoms in total. The molecule has 200 valence electrons. The number of aryl methyl sites for hydroxylation is 1. The molecule has 38 heavy (non-hydrogen) atoms. The summed E-state index contributed by atoms with van der Waals surface area (Å²) in [6.07, 6.45) is 0.822. The molecule has 5 rings (SSSR count). The van der Waals surface area contributed by atoms with E-state index in [0.29, 0.717) is 23.9 Å². The zero-order chi connectivity index (χ0) is 27.0. The Morgan fingerprint density at radius 2 is 1.87 bits per heavy atom. The quantitative estimate of drug-likeness (QED) is 0.484. The number of nitrogens with one attached hydrogen (secondary N) is 1. The molecule has 2 aliphatic heterocycles. The van der Waals surface area contributed by atoms with Crippen molar-refractivity contribution < 1.29 is 19.1 Å². The lowest BCUT2D eigenvalue weighted by atomic mass is 9.87. The van der Waals surface area contributed by atoms with Crippen molar-refractivity contribution in [1.29, 1.82) is 0 Å². The molecule has 3 aromatic rings. The van der Waals surface area contributed by atoms with E-state index in [2.05, 4.69) is 26.1 Å². The SMILES string of the molecule is CCCNC(=O)CN1C(=O)CSC(c2ccc3c(c2)OCO3)c2c(C(C)(C)C)nn(-c3ccc(C)cc3)c21. The molecule has 1 unspecified atom stereocenters. The minimum Gasteiger partial charge on any atom is -0.454 e. The smallest absolute Gasteiger partial charge is 0.240 e. The van der Waals surface area contributed by atoms with Gasteiger partial charge in [-0.25, -0.2) is 4.68 Å². The van der Waals surface area contributed by atoms with E-state index in [4.69, 9.17) is 14.6 Å². The van der Waals surface area contributed by atoms with Crippen LogP contribution in [0.1, 0.15) is 61.7 Å². The molecule has 1 aromatic heterocycles. The second-order valence-electron chi connectivity index (χ2n) is 10.7. The van der Waals surface area contributed by atoms with E-state index in [1.165, 1.54) is 0 Å². The summed E-state index contributed by atoms with van der Waals surface area (Å²) in [5.74, 6) is 1.96. The van der Waals surface area contributed by atoms with Gasteiger partial charge in [-0.2, -0.15) is 5.10 Å². The van der Waals surface area contributed by atoms with E-state index in [9.17, 15) is 9.59 Å². The largest absolute Gasteiger partial charge is 0.454 e. The molecule has 0 saturated carbocycles. The average Bonchev–Trinajstić information content (AvgIpc) is 3.48. The monoisotopic (exact) mass is 534 g/mol. The van der Waals surface area contributed by atoms with E-state index < -0.39 is 0 Å². The number of anilines is 1. The zero-order valence-electron chi connectivity index (χ0n) is 22.5. The maximum atomic E-state index is 13.7. The Hall–Kier alpha value is -3.46. The third-order valence-electron chi connectivity index (χ3n) is 6.65. The van der Waals surface area contributed by atoms with Crippen molar-refractivity contribution in [3.63, 3.8) is 0 Å². The van der Waals surface area contributed by atoms with Crippen LogP contribution in [0.4, 0.5) is 5.82 Å². The number of carbonyl (C=O) groups is 2. The Kier molecular flexibility index (Phi) is 7.13. The average molecular weight is 535 g/mol. The lowest BCUT2D eigenvalue weighted by Crippen LogP contribution is -2.42. The minimum absolute atomic E-state index is 0.0681. The Balaban J connectivity index is 1.74. The molecule has 2 aliphatic rings. The molecule has 0 saturated heterocycles. The second kappa shape index (κ2) is 10.4. The molecule has 0 radical (unpaired) electrons. The summed E-state index contributed by atoms with van der Waals surface area (Å²) in [5, 5.41) is 7.86. The van der Waals surface area contributed by atoms with Crippen LogP contribution in [-0.4, -0.2) is 47.2 Å². The Morgan fingerprint density at radius 3 is 2.58 bits per heavy atom. The zero-order valence-corrected chi connectivity index (χ0v) is 23.4. The fourth-order valence-electron chi connectivity index (χ4n) is 4.74. The molecule has 2 aromatic carbocycles. The van der Waals surface area contributed by atoms with Gasteiger partial charge in [-0.3, -0.25) is 14.5 Å². The predicted molar refractivity (Wildman–Crippen MR) is 150 cm³/mol. The minimum atomic E-state index is -0.321. The second-order valence-corrected chi connectivity index (χ2v) is 11.8. The summed E-state index contributed by atoms with van der Waals surface area (Å²) in [4.78, 5) is 28.2. The van der Waals surface area contributed by atoms with Crippen LogP contribution in [0.25, 0.3) is 5.69 Å². The summed E-state index contributed by atoms with van der Waals surface area (Å²) >= 11 is 1.55. The molecule has 3 heterocycles. The van der Waals surface area contributed by atoms with Crippen LogP contribution in [0.15, 0.2) is 42.5 Å². The molecule has 0 spiro atoms. The number of benzene rings is 2. The maximum Gasteiger partial charge on any atom is 0.240 e. The van der Waals surface area contributed by atoms with Gasteiger partial charge < -0.3 is 14.8 Å². The topological polar surface area (TPSA) is 85.7 Å². The number of nitrogens with zero attached hydrogens (tertiary/aromatic N) is 3. The number of rotatable bonds is 6. The van der Waals surface area contributed by atoms with Crippen LogP contribution in [0.5, 0.6) is 11.5 Å². The number of aromatic nitrogens is 2. The summed E-state index contributed by atoms with van der Waals surface area (Å²) in [5.41, 5.74) is 4.47. The van der Waals surface area contributed by atoms with Crippen molar-refractivity contribution in [1.82, 2.24) is 15.1 Å². The third kappa shape index (κ3) is 4.99. The van der Waals surface area contributed by atoms with Crippen LogP contribution >= 0.6 is 11.8 Å². The van der Waals surface area contributed by atoms with Crippen LogP contribution in [0.2, 0.25) is 0 Å². The highest BCUT2D eigenvalue weighted by molar-refractivity contribution is 8.00. The normalized spacial score (nSPS) is 16.8. The third-order valence-corrected chi connectivity index (χ3v) is 7.91. The first-order valence-corrected chi connectivity index (χ1v) is 14.0. The maximum absolute atomic E-state index is 13.7. The molecular formula is C29H34N4O4S. The van der Waals surface area contributed by atoms with Gasteiger partial charge in [0, 0.05) is 17.5 Å². The van der Waals surface area contributed by atoms with E-state index >= 15 is 0 Å². The number of hydrogen-bond donors (Lipinski definition) is 1. The fraction of sp³-hybridized carbons (Fsp3) is 0.414. The fourth-order valence-corrected chi connectivity index (χ4v) is 5.93. The number of fused-ring (bicyclic) bond motifs is 2. The Morgan fingerprint density at radius 1 is 1.13 bits per heavy atom. The molecule has 9 heteroatoms. The van der Waals surface area contributed by atoms with Crippen molar-refractivity contribution in [2.75, 3.05) is 30.5 Å². The van der Waals surface area contributed by atoms with Gasteiger partial charge in [0.25, 0.3) is 0 Å². The summed E-state index contributed by atoms with van der Waals surface area (Å²) in [7, 11) is 0. The molecule has 2 amide bonds. The van der Waals surface area contributed by atoms with E-state index in [1.807, 2.05) is 61.0 Å². The number of ether oxygens (including phenoxy) is 2. The van der Waals surface area contributed by atoms with E-state index in [-0.39, 0.29) is 41.6 Å². The predicted octanol–water partition coefficient (Wildman–Crippen LogP) is 4.90. The molecule has 1 N–H and O–H groups in total. The van der Waals surface area contributed by atoms with Crippen molar-refractivity contribution in [2.45, 2.75) is 51.7 Å². The first kappa shape index (κ1) is 26.2. The summed E-state index contributed by atoms with van der Waals surface area (Å²) in [6.45, 7) is 11.1. The van der Waals surface area contributed by atoms with Crippen molar-refractivity contribution in [2.24, 2.45) is 0 Å². The molecule has 0 aliphatic carbocycles. The van der Waals surface area contributed by atoms with Crippen molar-refractivity contribution in [3.05, 3.63) is 64.8 Å². The van der Waals surface area contributed by atoms with Gasteiger partial charge in [0.15, 0.2) is 11.5 Å². The number of hydrogen-bond acceptors (Lipinski definition) is 6. The number of amides is 2. The van der Waals surface area contributed by atoms with Crippen LogP contribution in [0.3, 0.4) is 0 Å². The Labute approximate surface area is 227 Å². The molecule has 0 bridgehead atoms. The van der Waals surface area contributed by atoms with Crippen molar-refractivity contribution >= 4 is 29.4 Å². The highest BCUT2D eigenvalue weighted by Crippen LogP contribution is 2.49. The van der Waals surface area contributed by atoms with Gasteiger partial charge >= 0.3 is 0 Å². The molecular weight excluding hydrogens is 500 g/mol. The number of carbonyl (C=O) groups excluding carboxylic acids is 2. The van der Waals surface area contributed by atoms with Gasteiger partial charge in [0.2, 0.25) is 18.6 Å². The van der Waals surface area contributed by atoms with E-state index in [1.54, 1.807) is 16.7 Å². The highest BCUT2D eigenvalue weighted by Gasteiger charge is 2.40. The molecule has 0 fully saturated rings. The van der Waals surface area contributed by atoms with Crippen LogP contribution < -0.4 is 19.7 Å². The van der Waals surface area contributed by atoms with E-state index in [0.717, 1.165) is 34.5 Å². The van der Waals surface area contributed by atoms with Gasteiger partial charge in [-0.15, -0.1) is 11.8 Å². The van der Waals surface area contributed by atoms with Gasteiger partial charge in [-0.05, 0) is 43.2 Å². The lowest BCUT2D eigenvalue weighted by Gasteiger charge is -2.24. The first-order chi connectivity index (χ1) is 18.2. The van der Waals surface area contributed by atoms with Crippen molar-refractivity contribution in [3.8, 4) is 17.2 Å². The van der Waals surface area contributed by atoms with Gasteiger partial charge in [-0.1, -0.05) is 51.5 Å². The summed E-state index contributed by atoms with van der Waals surface area (Å²) < 4.78 is 13.1. The highest BCUT2D eigenvalue weighted by atomic mass is 32.2. The first-order valence-electron chi connectivity index (χ1n) is 13.0. The Bertz CT molecular complexity index is 1360. The van der Waals surface area contributed by atoms with Crippen LogP contribution in [0, 0.1) is 6.92 Å².